The molecule has 3 N–H and O–H groups in total. The maximum atomic E-state index is 11.9. The third kappa shape index (κ3) is 3.29. The molecule has 1 amide bonds. The number of anilines is 2. The van der Waals surface area contributed by atoms with Crippen molar-refractivity contribution >= 4 is 38.8 Å². The predicted octanol–water partition coefficient (Wildman–Crippen LogP) is 2.90. The monoisotopic (exact) mass is 299 g/mol. The molecular formula is C15H13N3O2S. The van der Waals surface area contributed by atoms with E-state index in [1.54, 1.807) is 29.8 Å². The fraction of sp³-hybridized carbons (Fsp3) is 0.0667. The molecule has 3 aromatic rings. The van der Waals surface area contributed by atoms with Crippen LogP contribution in [0.25, 0.3) is 10.2 Å². The lowest BCUT2D eigenvalue weighted by Gasteiger charge is -2.08. The van der Waals surface area contributed by atoms with E-state index in [2.05, 4.69) is 10.3 Å². The summed E-state index contributed by atoms with van der Waals surface area (Å²) < 4.78 is 6.42. The Balaban J connectivity index is 1.60. The second-order valence-electron chi connectivity index (χ2n) is 4.44. The van der Waals surface area contributed by atoms with Crippen LogP contribution in [0.2, 0.25) is 0 Å². The standard InChI is InChI=1S/C15H13N3O2S/c16-10-2-1-3-12(6-10)20-8-15(19)18-11-4-5-13-14(7-11)21-9-17-13/h1-7,9H,8,16H2,(H,18,19). The number of benzene rings is 2. The molecule has 0 aliphatic heterocycles. The van der Waals surface area contributed by atoms with Gasteiger partial charge in [-0.05, 0) is 30.3 Å². The van der Waals surface area contributed by atoms with Crippen LogP contribution in [-0.4, -0.2) is 17.5 Å². The minimum absolute atomic E-state index is 0.0653. The second-order valence-corrected chi connectivity index (χ2v) is 5.33. The summed E-state index contributed by atoms with van der Waals surface area (Å²) in [6, 6.07) is 12.6. The molecule has 2 aromatic carbocycles. The zero-order chi connectivity index (χ0) is 14.7. The number of nitrogens with two attached hydrogens (primary N) is 1. The van der Waals surface area contributed by atoms with E-state index in [0.717, 1.165) is 15.9 Å². The number of carbonyl (C=O) groups excluding carboxylic acids is 1. The normalized spacial score (nSPS) is 10.5. The van der Waals surface area contributed by atoms with Gasteiger partial charge in [0.2, 0.25) is 0 Å². The van der Waals surface area contributed by atoms with Crippen LogP contribution in [0, 0.1) is 0 Å². The molecular weight excluding hydrogens is 286 g/mol. The number of hydrogen-bond donors (Lipinski definition) is 2. The first-order valence-electron chi connectivity index (χ1n) is 6.32. The molecule has 0 atom stereocenters. The number of rotatable bonds is 4. The molecule has 0 spiro atoms. The first-order chi connectivity index (χ1) is 10.2. The van der Waals surface area contributed by atoms with Crippen molar-refractivity contribution in [3.05, 3.63) is 48.0 Å². The Kier molecular flexibility index (Phi) is 3.70. The number of aromatic nitrogens is 1. The second kappa shape index (κ2) is 5.80. The number of ether oxygens (including phenoxy) is 1. The van der Waals surface area contributed by atoms with E-state index >= 15 is 0 Å². The molecule has 106 valence electrons. The summed E-state index contributed by atoms with van der Waals surface area (Å²) in [5, 5.41) is 2.79. The maximum absolute atomic E-state index is 11.9. The van der Waals surface area contributed by atoms with Crippen molar-refractivity contribution in [2.45, 2.75) is 0 Å². The molecule has 1 heterocycles. The van der Waals surface area contributed by atoms with Crippen molar-refractivity contribution in [1.82, 2.24) is 4.98 Å². The Morgan fingerprint density at radius 3 is 3.05 bits per heavy atom. The van der Waals surface area contributed by atoms with Gasteiger partial charge in [0.15, 0.2) is 6.61 Å². The molecule has 21 heavy (non-hydrogen) atoms. The number of nitrogen functional groups attached to an aromatic ring is 1. The highest BCUT2D eigenvalue weighted by Crippen LogP contribution is 2.21. The van der Waals surface area contributed by atoms with E-state index in [1.165, 1.54) is 11.3 Å². The molecule has 0 saturated carbocycles. The molecule has 1 aromatic heterocycles. The lowest BCUT2D eigenvalue weighted by Crippen LogP contribution is -2.20. The summed E-state index contributed by atoms with van der Waals surface area (Å²) in [6.07, 6.45) is 0. The summed E-state index contributed by atoms with van der Waals surface area (Å²) in [6.45, 7) is -0.0653. The average Bonchev–Trinajstić information content (AvgIpc) is 2.93. The van der Waals surface area contributed by atoms with E-state index in [0.29, 0.717) is 11.4 Å². The average molecular weight is 299 g/mol. The van der Waals surface area contributed by atoms with Crippen LogP contribution < -0.4 is 15.8 Å². The zero-order valence-electron chi connectivity index (χ0n) is 11.1. The fourth-order valence-electron chi connectivity index (χ4n) is 1.88. The fourth-order valence-corrected chi connectivity index (χ4v) is 2.60. The molecule has 0 radical (unpaired) electrons. The first kappa shape index (κ1) is 13.4. The summed E-state index contributed by atoms with van der Waals surface area (Å²) >= 11 is 1.53. The van der Waals surface area contributed by atoms with Gasteiger partial charge in [-0.3, -0.25) is 4.79 Å². The lowest BCUT2D eigenvalue weighted by molar-refractivity contribution is -0.118. The molecule has 0 fully saturated rings. The topological polar surface area (TPSA) is 77.2 Å². The Hall–Kier alpha value is -2.60. The molecule has 0 unspecified atom stereocenters. The molecule has 3 rings (SSSR count). The van der Waals surface area contributed by atoms with Crippen molar-refractivity contribution in [2.75, 3.05) is 17.7 Å². The van der Waals surface area contributed by atoms with Gasteiger partial charge in [0, 0.05) is 17.4 Å². The van der Waals surface area contributed by atoms with Crippen LogP contribution in [0.5, 0.6) is 5.75 Å². The zero-order valence-corrected chi connectivity index (χ0v) is 11.9. The first-order valence-corrected chi connectivity index (χ1v) is 7.20. The maximum Gasteiger partial charge on any atom is 0.262 e. The summed E-state index contributed by atoms with van der Waals surface area (Å²) in [5.74, 6) is 0.351. The van der Waals surface area contributed by atoms with Gasteiger partial charge in [0.1, 0.15) is 5.75 Å². The van der Waals surface area contributed by atoms with Crippen molar-refractivity contribution in [3.63, 3.8) is 0 Å². The van der Waals surface area contributed by atoms with Gasteiger partial charge in [0.25, 0.3) is 5.91 Å². The summed E-state index contributed by atoms with van der Waals surface area (Å²) in [5.41, 5.74) is 9.68. The van der Waals surface area contributed by atoms with Crippen molar-refractivity contribution in [1.29, 1.82) is 0 Å². The molecule has 6 heteroatoms. The highest BCUT2D eigenvalue weighted by molar-refractivity contribution is 7.16. The quantitative estimate of drug-likeness (QED) is 0.726. The number of hydrogen-bond acceptors (Lipinski definition) is 5. The third-order valence-corrected chi connectivity index (χ3v) is 3.63. The van der Waals surface area contributed by atoms with E-state index in [4.69, 9.17) is 10.5 Å². The molecule has 0 bridgehead atoms. The van der Waals surface area contributed by atoms with Crippen LogP contribution in [0.3, 0.4) is 0 Å². The molecule has 0 saturated heterocycles. The van der Waals surface area contributed by atoms with Gasteiger partial charge in [-0.15, -0.1) is 11.3 Å². The number of fused-ring (bicyclic) bond motifs is 1. The van der Waals surface area contributed by atoms with Crippen molar-refractivity contribution < 1.29 is 9.53 Å². The SMILES string of the molecule is Nc1cccc(OCC(=O)Nc2ccc3ncsc3c2)c1. The van der Waals surface area contributed by atoms with E-state index in [9.17, 15) is 4.79 Å². The Bertz CT molecular complexity index is 785. The number of thiazole rings is 1. The summed E-state index contributed by atoms with van der Waals surface area (Å²) in [7, 11) is 0. The van der Waals surface area contributed by atoms with Crippen LogP contribution in [0.15, 0.2) is 48.0 Å². The van der Waals surface area contributed by atoms with Crippen LogP contribution in [0.1, 0.15) is 0 Å². The van der Waals surface area contributed by atoms with Crippen LogP contribution in [-0.2, 0) is 4.79 Å². The van der Waals surface area contributed by atoms with E-state index < -0.39 is 0 Å². The smallest absolute Gasteiger partial charge is 0.262 e. The van der Waals surface area contributed by atoms with Gasteiger partial charge in [0.05, 0.1) is 15.7 Å². The van der Waals surface area contributed by atoms with E-state index in [1.807, 2.05) is 18.2 Å². The van der Waals surface area contributed by atoms with Gasteiger partial charge < -0.3 is 15.8 Å². The van der Waals surface area contributed by atoms with Crippen LogP contribution >= 0.6 is 11.3 Å². The molecule has 5 nitrogen and oxygen atoms in total. The van der Waals surface area contributed by atoms with Crippen molar-refractivity contribution in [2.24, 2.45) is 0 Å². The lowest BCUT2D eigenvalue weighted by atomic mass is 10.3. The molecule has 0 aliphatic carbocycles. The largest absolute Gasteiger partial charge is 0.484 e. The Labute approximate surface area is 125 Å². The van der Waals surface area contributed by atoms with E-state index in [-0.39, 0.29) is 12.5 Å². The highest BCUT2D eigenvalue weighted by Gasteiger charge is 2.05. The van der Waals surface area contributed by atoms with Gasteiger partial charge in [-0.2, -0.15) is 0 Å². The van der Waals surface area contributed by atoms with Gasteiger partial charge in [-0.1, -0.05) is 6.07 Å². The Morgan fingerprint density at radius 1 is 1.29 bits per heavy atom. The van der Waals surface area contributed by atoms with Crippen molar-refractivity contribution in [3.8, 4) is 5.75 Å². The molecule has 0 aliphatic rings. The van der Waals surface area contributed by atoms with Gasteiger partial charge in [-0.25, -0.2) is 4.98 Å². The summed E-state index contributed by atoms with van der Waals surface area (Å²) in [4.78, 5) is 16.1. The number of nitrogens with one attached hydrogen (secondary N) is 1. The number of nitrogens with zero attached hydrogens (tertiary/aromatic N) is 1. The minimum atomic E-state index is -0.221. The Morgan fingerprint density at radius 2 is 2.19 bits per heavy atom. The third-order valence-electron chi connectivity index (χ3n) is 2.84. The van der Waals surface area contributed by atoms with Crippen LogP contribution in [0.4, 0.5) is 11.4 Å². The minimum Gasteiger partial charge on any atom is -0.484 e. The highest BCUT2D eigenvalue weighted by atomic mass is 32.1. The number of carbonyl (C=O) groups is 1. The predicted molar refractivity (Wildman–Crippen MR) is 84.6 cm³/mol. The number of amides is 1. The van der Waals surface area contributed by atoms with Gasteiger partial charge >= 0.3 is 0 Å².